The highest BCUT2D eigenvalue weighted by atomic mass is 32.2. The molecule has 0 aliphatic carbocycles. The summed E-state index contributed by atoms with van der Waals surface area (Å²) in [6, 6.07) is 0. The van der Waals surface area contributed by atoms with E-state index in [1.165, 1.54) is 18.0 Å². The molecule has 4 atom stereocenters. The van der Waals surface area contributed by atoms with Gasteiger partial charge >= 0.3 is 5.69 Å². The summed E-state index contributed by atoms with van der Waals surface area (Å²) in [5, 5.41) is 28.6. The molecule has 0 aromatic carbocycles. The second-order valence-corrected chi connectivity index (χ2v) is 5.35. The van der Waals surface area contributed by atoms with Gasteiger partial charge < -0.3 is 20.1 Å². The van der Waals surface area contributed by atoms with Crippen LogP contribution in [-0.2, 0) is 4.74 Å². The van der Waals surface area contributed by atoms with E-state index in [2.05, 4.69) is 4.98 Å². The molecule has 1 aromatic rings. The van der Waals surface area contributed by atoms with Crippen molar-refractivity contribution in [3.63, 3.8) is 0 Å². The highest BCUT2D eigenvalue weighted by molar-refractivity contribution is 7.98. The standard InChI is InChI=1S/C10H14N2O5S2/c1-19-5-2-12(10(16)11-8(5)18)9-7(15)6(14)4(3-13)17-9/h2,4,6-7,9,13-15H,3H2,1H3,(H,11,16,18)/t4-,6-,7+,9-/m1/s1. The van der Waals surface area contributed by atoms with Gasteiger partial charge in [-0.2, -0.15) is 0 Å². The molecule has 2 rings (SSSR count). The fourth-order valence-corrected chi connectivity index (χ4v) is 2.76. The summed E-state index contributed by atoms with van der Waals surface area (Å²) in [5.74, 6) is 0. The fraction of sp³-hybridized carbons (Fsp3) is 0.600. The molecule has 106 valence electrons. The predicted octanol–water partition coefficient (Wildman–Crippen LogP) is -0.761. The van der Waals surface area contributed by atoms with Crippen molar-refractivity contribution in [2.45, 2.75) is 29.4 Å². The third kappa shape index (κ3) is 2.62. The van der Waals surface area contributed by atoms with Gasteiger partial charge in [0.1, 0.15) is 23.0 Å². The average molecular weight is 306 g/mol. The topological polar surface area (TPSA) is 108 Å². The maximum absolute atomic E-state index is 11.8. The first-order valence-corrected chi connectivity index (χ1v) is 7.14. The van der Waals surface area contributed by atoms with Gasteiger partial charge in [0.05, 0.1) is 11.5 Å². The minimum atomic E-state index is -1.30. The average Bonchev–Trinajstić information content (AvgIpc) is 2.67. The SMILES string of the molecule is CSc1cn([C@@H]2O[C@H](CO)[C@@H](O)[C@@H]2O)c(=O)[nH]c1=S. The molecule has 4 N–H and O–H groups in total. The highest BCUT2D eigenvalue weighted by Crippen LogP contribution is 2.28. The molecule has 1 aliphatic heterocycles. The number of aliphatic hydroxyl groups is 3. The van der Waals surface area contributed by atoms with Crippen LogP contribution >= 0.6 is 24.0 Å². The van der Waals surface area contributed by atoms with E-state index >= 15 is 0 Å². The molecule has 9 heteroatoms. The minimum absolute atomic E-state index is 0.306. The molecule has 1 aliphatic rings. The Balaban J connectivity index is 2.43. The molecule has 0 radical (unpaired) electrons. The Hall–Kier alpha value is -0.710. The lowest BCUT2D eigenvalue weighted by Gasteiger charge is -2.17. The van der Waals surface area contributed by atoms with Crippen molar-refractivity contribution in [1.29, 1.82) is 0 Å². The van der Waals surface area contributed by atoms with Crippen LogP contribution in [0.15, 0.2) is 15.9 Å². The van der Waals surface area contributed by atoms with E-state index in [-0.39, 0.29) is 0 Å². The van der Waals surface area contributed by atoms with Gasteiger partial charge in [-0.15, -0.1) is 11.8 Å². The zero-order valence-electron chi connectivity index (χ0n) is 10.0. The molecule has 7 nitrogen and oxygen atoms in total. The molecule has 1 aromatic heterocycles. The number of hydrogen-bond acceptors (Lipinski definition) is 7. The van der Waals surface area contributed by atoms with Crippen LogP contribution in [0, 0.1) is 4.64 Å². The van der Waals surface area contributed by atoms with Gasteiger partial charge in [-0.25, -0.2) is 4.79 Å². The zero-order chi connectivity index (χ0) is 14.2. The number of aromatic nitrogens is 2. The molecule has 0 saturated carbocycles. The monoisotopic (exact) mass is 306 g/mol. The van der Waals surface area contributed by atoms with Crippen molar-refractivity contribution in [1.82, 2.24) is 9.55 Å². The Morgan fingerprint density at radius 2 is 2.21 bits per heavy atom. The summed E-state index contributed by atoms with van der Waals surface area (Å²) < 4.78 is 6.73. The highest BCUT2D eigenvalue weighted by Gasteiger charge is 2.43. The number of nitrogens with one attached hydrogen (secondary N) is 1. The second-order valence-electron chi connectivity index (χ2n) is 4.09. The van der Waals surface area contributed by atoms with Crippen molar-refractivity contribution >= 4 is 24.0 Å². The Kier molecular flexibility index (Phi) is 4.43. The first kappa shape index (κ1) is 14.7. The zero-order valence-corrected chi connectivity index (χ0v) is 11.6. The largest absolute Gasteiger partial charge is 0.394 e. The molecule has 1 fully saturated rings. The van der Waals surface area contributed by atoms with Crippen molar-refractivity contribution in [3.05, 3.63) is 21.3 Å². The Morgan fingerprint density at radius 1 is 1.53 bits per heavy atom. The smallest absolute Gasteiger partial charge is 0.328 e. The summed E-state index contributed by atoms with van der Waals surface area (Å²) in [7, 11) is 0. The number of aromatic amines is 1. The van der Waals surface area contributed by atoms with Crippen LogP contribution < -0.4 is 5.69 Å². The molecule has 19 heavy (non-hydrogen) atoms. The van der Waals surface area contributed by atoms with Crippen LogP contribution in [0.3, 0.4) is 0 Å². The van der Waals surface area contributed by atoms with E-state index in [9.17, 15) is 15.0 Å². The van der Waals surface area contributed by atoms with E-state index in [4.69, 9.17) is 22.1 Å². The number of aliphatic hydroxyl groups excluding tert-OH is 3. The van der Waals surface area contributed by atoms with Gasteiger partial charge in [0.15, 0.2) is 6.23 Å². The van der Waals surface area contributed by atoms with Gasteiger partial charge in [0.25, 0.3) is 0 Å². The third-order valence-corrected chi connectivity index (χ3v) is 4.15. The Labute approximate surface area is 117 Å². The van der Waals surface area contributed by atoms with Gasteiger partial charge in [-0.1, -0.05) is 12.2 Å². The van der Waals surface area contributed by atoms with E-state index in [1.807, 2.05) is 0 Å². The lowest BCUT2D eigenvalue weighted by Crippen LogP contribution is -2.36. The molecular formula is C10H14N2O5S2. The van der Waals surface area contributed by atoms with Crippen molar-refractivity contribution < 1.29 is 20.1 Å². The van der Waals surface area contributed by atoms with Crippen LogP contribution in [0.1, 0.15) is 6.23 Å². The number of H-pyrrole nitrogens is 1. The lowest BCUT2D eigenvalue weighted by atomic mass is 10.1. The van der Waals surface area contributed by atoms with Crippen LogP contribution in [-0.4, -0.2) is 56.0 Å². The van der Waals surface area contributed by atoms with Crippen LogP contribution in [0.5, 0.6) is 0 Å². The van der Waals surface area contributed by atoms with Crippen LogP contribution in [0.25, 0.3) is 0 Å². The first-order chi connectivity index (χ1) is 8.99. The summed E-state index contributed by atoms with van der Waals surface area (Å²) in [5.41, 5.74) is -0.544. The van der Waals surface area contributed by atoms with Crippen molar-refractivity contribution in [3.8, 4) is 0 Å². The van der Waals surface area contributed by atoms with E-state index < -0.39 is 36.8 Å². The molecule has 1 saturated heterocycles. The summed E-state index contributed by atoms with van der Waals surface area (Å²) in [6.45, 7) is -0.443. The van der Waals surface area contributed by atoms with E-state index in [0.717, 1.165) is 4.57 Å². The summed E-state index contributed by atoms with van der Waals surface area (Å²) >= 11 is 6.33. The maximum Gasteiger partial charge on any atom is 0.328 e. The maximum atomic E-state index is 11.8. The van der Waals surface area contributed by atoms with E-state index in [0.29, 0.717) is 9.54 Å². The quantitative estimate of drug-likeness (QED) is 0.429. The molecule has 0 unspecified atom stereocenters. The third-order valence-electron chi connectivity index (χ3n) is 2.95. The molecule has 0 spiro atoms. The van der Waals surface area contributed by atoms with Gasteiger partial charge in [-0.3, -0.25) is 9.55 Å². The minimum Gasteiger partial charge on any atom is -0.394 e. The Morgan fingerprint density at radius 3 is 2.74 bits per heavy atom. The Bertz CT molecular complexity index is 572. The fourth-order valence-electron chi connectivity index (χ4n) is 1.91. The molecule has 2 heterocycles. The van der Waals surface area contributed by atoms with Gasteiger partial charge in [0.2, 0.25) is 0 Å². The normalized spacial score (nSPS) is 30.7. The molecule has 0 amide bonds. The van der Waals surface area contributed by atoms with Gasteiger partial charge in [-0.05, 0) is 6.26 Å². The molecular weight excluding hydrogens is 292 g/mol. The number of rotatable bonds is 3. The van der Waals surface area contributed by atoms with Crippen molar-refractivity contribution in [2.75, 3.05) is 12.9 Å². The van der Waals surface area contributed by atoms with Gasteiger partial charge in [0, 0.05) is 6.20 Å². The van der Waals surface area contributed by atoms with Crippen LogP contribution in [0.2, 0.25) is 0 Å². The first-order valence-electron chi connectivity index (χ1n) is 5.51. The van der Waals surface area contributed by atoms with E-state index in [1.54, 1.807) is 6.26 Å². The number of ether oxygens (including phenoxy) is 1. The second kappa shape index (κ2) is 5.73. The number of hydrogen-bond donors (Lipinski definition) is 4. The number of thioether (sulfide) groups is 1. The van der Waals surface area contributed by atoms with Crippen LogP contribution in [0.4, 0.5) is 0 Å². The summed E-state index contributed by atoms with van der Waals surface area (Å²) in [6.07, 6.45) is -1.26. The lowest BCUT2D eigenvalue weighted by molar-refractivity contribution is -0.0553. The summed E-state index contributed by atoms with van der Waals surface area (Å²) in [4.78, 5) is 15.0. The molecule has 0 bridgehead atoms. The predicted molar refractivity (Wildman–Crippen MR) is 70.7 cm³/mol. The number of nitrogens with zero attached hydrogens (tertiary/aromatic N) is 1. The van der Waals surface area contributed by atoms with Crippen molar-refractivity contribution in [2.24, 2.45) is 0 Å².